The molecule has 0 radical (unpaired) electrons. The van der Waals surface area contributed by atoms with Crippen molar-refractivity contribution in [3.05, 3.63) is 36.0 Å². The fourth-order valence-corrected chi connectivity index (χ4v) is 1.49. The molecule has 0 aliphatic carbocycles. The van der Waals surface area contributed by atoms with Crippen molar-refractivity contribution in [2.24, 2.45) is 0 Å². The normalized spacial score (nSPS) is 10.6. The average Bonchev–Trinajstić information content (AvgIpc) is 3.09. The molecule has 0 saturated heterocycles. The van der Waals surface area contributed by atoms with Gasteiger partial charge < -0.3 is 9.84 Å². The third-order valence-corrected chi connectivity index (χ3v) is 2.31. The molecule has 0 aromatic carbocycles. The van der Waals surface area contributed by atoms with Gasteiger partial charge in [-0.2, -0.15) is 24.7 Å². The van der Waals surface area contributed by atoms with Crippen molar-refractivity contribution >= 4 is 17.5 Å². The first-order valence-corrected chi connectivity index (χ1v) is 5.59. The molecule has 10 heteroatoms. The molecule has 0 bridgehead atoms. The smallest absolute Gasteiger partial charge is 0.258 e. The van der Waals surface area contributed by atoms with Gasteiger partial charge in [-0.05, 0) is 11.6 Å². The van der Waals surface area contributed by atoms with Crippen LogP contribution in [0.2, 0.25) is 5.28 Å². The molecular weight excluding hydrogens is 272 g/mol. The Balaban J connectivity index is 1.82. The molecule has 0 saturated carbocycles. The number of hydrogen-bond acceptors (Lipinski definition) is 8. The second kappa shape index (κ2) is 4.98. The summed E-state index contributed by atoms with van der Waals surface area (Å²) >= 11 is 5.83. The fraction of sp³-hybridized carbons (Fsp3) is 0.111. The zero-order valence-electron chi connectivity index (χ0n) is 9.43. The van der Waals surface area contributed by atoms with Crippen LogP contribution in [0, 0.1) is 0 Å². The fourth-order valence-electron chi connectivity index (χ4n) is 1.33. The van der Waals surface area contributed by atoms with Gasteiger partial charge in [0.25, 0.3) is 5.95 Å². The van der Waals surface area contributed by atoms with E-state index in [0.717, 1.165) is 5.69 Å². The van der Waals surface area contributed by atoms with Crippen molar-refractivity contribution in [2.75, 3.05) is 5.32 Å². The van der Waals surface area contributed by atoms with Gasteiger partial charge in [-0.25, -0.2) is 4.98 Å². The van der Waals surface area contributed by atoms with Gasteiger partial charge in [0.2, 0.25) is 11.2 Å². The van der Waals surface area contributed by atoms with Crippen molar-refractivity contribution in [2.45, 2.75) is 6.54 Å². The van der Waals surface area contributed by atoms with Crippen molar-refractivity contribution in [1.29, 1.82) is 0 Å². The van der Waals surface area contributed by atoms with E-state index in [4.69, 9.17) is 16.1 Å². The monoisotopic (exact) mass is 278 g/mol. The van der Waals surface area contributed by atoms with E-state index in [1.54, 1.807) is 6.07 Å². The van der Waals surface area contributed by atoms with Crippen molar-refractivity contribution < 1.29 is 4.52 Å². The van der Waals surface area contributed by atoms with E-state index in [1.165, 1.54) is 23.6 Å². The molecule has 3 aromatic heterocycles. The Kier molecular flexibility index (Phi) is 3.02. The van der Waals surface area contributed by atoms with E-state index >= 15 is 0 Å². The Bertz CT molecular complexity index is 653. The van der Waals surface area contributed by atoms with Crippen molar-refractivity contribution in [3.8, 4) is 5.95 Å². The van der Waals surface area contributed by atoms with Crippen LogP contribution in [-0.2, 0) is 6.54 Å². The minimum Gasteiger partial charge on any atom is -0.364 e. The summed E-state index contributed by atoms with van der Waals surface area (Å²) in [5, 5.41) is 10.7. The Labute approximate surface area is 111 Å². The summed E-state index contributed by atoms with van der Waals surface area (Å²) in [5.41, 5.74) is 0.721. The van der Waals surface area contributed by atoms with Gasteiger partial charge in [0.1, 0.15) is 24.6 Å². The Morgan fingerprint density at radius 2 is 2.26 bits per heavy atom. The number of anilines is 1. The van der Waals surface area contributed by atoms with Gasteiger partial charge in [-0.15, -0.1) is 0 Å². The first kappa shape index (κ1) is 11.5. The summed E-state index contributed by atoms with van der Waals surface area (Å²) in [5.74, 6) is 0.591. The Hall–Kier alpha value is -2.55. The van der Waals surface area contributed by atoms with Crippen molar-refractivity contribution in [1.82, 2.24) is 34.9 Å². The molecule has 0 atom stereocenters. The van der Waals surface area contributed by atoms with Gasteiger partial charge >= 0.3 is 0 Å². The van der Waals surface area contributed by atoms with Crippen LogP contribution in [0.25, 0.3) is 5.95 Å². The SMILES string of the molecule is Clc1nc(NCc2ccon2)nc(-n2cncn2)n1. The molecule has 9 nitrogen and oxygen atoms in total. The number of nitrogens with zero attached hydrogens (tertiary/aromatic N) is 7. The van der Waals surface area contributed by atoms with E-state index in [-0.39, 0.29) is 11.2 Å². The maximum atomic E-state index is 5.83. The van der Waals surface area contributed by atoms with Crippen LogP contribution in [0.5, 0.6) is 0 Å². The summed E-state index contributed by atoms with van der Waals surface area (Å²) in [4.78, 5) is 15.9. The minimum atomic E-state index is 0.0585. The second-order valence-corrected chi connectivity index (χ2v) is 3.75. The highest BCUT2D eigenvalue weighted by molar-refractivity contribution is 6.28. The summed E-state index contributed by atoms with van der Waals surface area (Å²) in [6.07, 6.45) is 4.32. The van der Waals surface area contributed by atoms with E-state index in [1.807, 2.05) is 0 Å². The largest absolute Gasteiger partial charge is 0.364 e. The van der Waals surface area contributed by atoms with Crippen LogP contribution in [0.4, 0.5) is 5.95 Å². The molecule has 0 aliphatic rings. The molecule has 3 heterocycles. The first-order chi connectivity index (χ1) is 9.31. The van der Waals surface area contributed by atoms with Crippen LogP contribution in [0.15, 0.2) is 29.5 Å². The Morgan fingerprint density at radius 1 is 1.32 bits per heavy atom. The molecule has 3 aromatic rings. The molecule has 19 heavy (non-hydrogen) atoms. The van der Waals surface area contributed by atoms with E-state index < -0.39 is 0 Å². The van der Waals surface area contributed by atoms with Crippen molar-refractivity contribution in [3.63, 3.8) is 0 Å². The molecule has 3 rings (SSSR count). The molecule has 0 unspecified atom stereocenters. The zero-order chi connectivity index (χ0) is 13.1. The number of rotatable bonds is 4. The lowest BCUT2D eigenvalue weighted by molar-refractivity contribution is 0.412. The maximum Gasteiger partial charge on any atom is 0.258 e. The highest BCUT2D eigenvalue weighted by atomic mass is 35.5. The molecule has 0 spiro atoms. The topological polar surface area (TPSA) is 107 Å². The highest BCUT2D eigenvalue weighted by Crippen LogP contribution is 2.09. The number of nitrogens with one attached hydrogen (secondary N) is 1. The second-order valence-electron chi connectivity index (χ2n) is 3.41. The van der Waals surface area contributed by atoms with E-state index in [2.05, 4.69) is 35.5 Å². The third kappa shape index (κ3) is 2.65. The van der Waals surface area contributed by atoms with Gasteiger partial charge in [0.15, 0.2) is 0 Å². The van der Waals surface area contributed by atoms with Crippen LogP contribution < -0.4 is 5.32 Å². The first-order valence-electron chi connectivity index (χ1n) is 5.21. The number of halogens is 1. The Morgan fingerprint density at radius 3 is 3.00 bits per heavy atom. The molecule has 0 aliphatic heterocycles. The zero-order valence-corrected chi connectivity index (χ0v) is 10.2. The van der Waals surface area contributed by atoms with E-state index in [9.17, 15) is 0 Å². The molecule has 1 N–H and O–H groups in total. The number of hydrogen-bond donors (Lipinski definition) is 1. The average molecular weight is 279 g/mol. The quantitative estimate of drug-likeness (QED) is 0.743. The maximum absolute atomic E-state index is 5.83. The van der Waals surface area contributed by atoms with Crippen LogP contribution in [0.1, 0.15) is 5.69 Å². The predicted octanol–water partition coefficient (Wildman–Crippen LogP) is 0.706. The third-order valence-electron chi connectivity index (χ3n) is 2.14. The van der Waals surface area contributed by atoms with Crippen LogP contribution in [0.3, 0.4) is 0 Å². The number of aromatic nitrogens is 7. The van der Waals surface area contributed by atoms with Gasteiger partial charge in [0.05, 0.1) is 6.54 Å². The lowest BCUT2D eigenvalue weighted by Crippen LogP contribution is -2.09. The summed E-state index contributed by atoms with van der Waals surface area (Å²) in [7, 11) is 0. The van der Waals surface area contributed by atoms with Gasteiger partial charge in [-0.3, -0.25) is 0 Å². The predicted molar refractivity (Wildman–Crippen MR) is 63.6 cm³/mol. The summed E-state index contributed by atoms with van der Waals surface area (Å²) < 4.78 is 6.10. The van der Waals surface area contributed by atoms with E-state index in [0.29, 0.717) is 12.5 Å². The standard InChI is InChI=1S/C9H7ClN8O/c10-7-14-8(12-3-6-1-2-19-17-6)16-9(15-7)18-5-11-4-13-18/h1-2,4-5H,3H2,(H,12,14,15,16). The minimum absolute atomic E-state index is 0.0585. The van der Waals surface area contributed by atoms with Gasteiger partial charge in [0, 0.05) is 6.07 Å². The lowest BCUT2D eigenvalue weighted by Gasteiger charge is -2.04. The molecular formula is C9H7ClN8O. The highest BCUT2D eigenvalue weighted by Gasteiger charge is 2.07. The van der Waals surface area contributed by atoms with Gasteiger partial charge in [-0.1, -0.05) is 5.16 Å². The lowest BCUT2D eigenvalue weighted by atomic mass is 10.4. The summed E-state index contributed by atoms with van der Waals surface area (Å²) in [6, 6.07) is 1.73. The van der Waals surface area contributed by atoms with Crippen LogP contribution >= 0.6 is 11.6 Å². The molecule has 96 valence electrons. The van der Waals surface area contributed by atoms with Crippen LogP contribution in [-0.4, -0.2) is 34.9 Å². The molecule has 0 fully saturated rings. The molecule has 0 amide bonds. The summed E-state index contributed by atoms with van der Waals surface area (Å²) in [6.45, 7) is 0.410.